The Kier molecular flexibility index (Phi) is 4.58. The van der Waals surface area contributed by atoms with E-state index in [-0.39, 0.29) is 17.9 Å². The van der Waals surface area contributed by atoms with Crippen LogP contribution in [0.25, 0.3) is 0 Å². The van der Waals surface area contributed by atoms with Gasteiger partial charge in [0.15, 0.2) is 0 Å². The third-order valence-electron chi connectivity index (χ3n) is 3.45. The topological polar surface area (TPSA) is 46.3 Å². The average molecular weight is 212 g/mol. The molecule has 2 atom stereocenters. The van der Waals surface area contributed by atoms with Crippen LogP contribution < -0.4 is 5.73 Å². The fourth-order valence-corrected chi connectivity index (χ4v) is 2.35. The monoisotopic (exact) mass is 212 g/mol. The number of rotatable bonds is 3. The lowest BCUT2D eigenvalue weighted by atomic mass is 9.88. The Balaban J connectivity index is 2.62. The van der Waals surface area contributed by atoms with Crippen LogP contribution in [0.15, 0.2) is 0 Å². The quantitative estimate of drug-likeness (QED) is 0.772. The maximum atomic E-state index is 11.9. The highest BCUT2D eigenvalue weighted by Gasteiger charge is 2.30. The van der Waals surface area contributed by atoms with Gasteiger partial charge in [0.05, 0.1) is 0 Å². The van der Waals surface area contributed by atoms with E-state index < -0.39 is 0 Å². The van der Waals surface area contributed by atoms with Crippen LogP contribution in [0.4, 0.5) is 0 Å². The maximum absolute atomic E-state index is 11.9. The predicted molar refractivity (Wildman–Crippen MR) is 62.4 cm³/mol. The molecular weight excluding hydrogens is 188 g/mol. The smallest absolute Gasteiger partial charge is 0.225 e. The van der Waals surface area contributed by atoms with Crippen LogP contribution in [-0.2, 0) is 4.79 Å². The van der Waals surface area contributed by atoms with E-state index in [0.717, 1.165) is 25.3 Å². The summed E-state index contributed by atoms with van der Waals surface area (Å²) in [5.74, 6) is 1.12. The van der Waals surface area contributed by atoms with E-state index in [1.54, 1.807) is 0 Å². The molecule has 1 heterocycles. The first-order valence-electron chi connectivity index (χ1n) is 6.10. The Morgan fingerprint density at radius 1 is 1.53 bits per heavy atom. The number of hydrogen-bond donors (Lipinski definition) is 1. The van der Waals surface area contributed by atoms with Crippen molar-refractivity contribution in [2.24, 2.45) is 17.6 Å². The zero-order valence-corrected chi connectivity index (χ0v) is 10.2. The number of nitrogens with two attached hydrogens (primary N) is 1. The number of carbonyl (C=O) groups excluding carboxylic acids is 1. The Morgan fingerprint density at radius 2 is 2.20 bits per heavy atom. The zero-order valence-electron chi connectivity index (χ0n) is 10.2. The van der Waals surface area contributed by atoms with Crippen molar-refractivity contribution in [2.75, 3.05) is 13.1 Å². The second-order valence-electron chi connectivity index (χ2n) is 4.87. The van der Waals surface area contributed by atoms with Gasteiger partial charge in [0.1, 0.15) is 0 Å². The van der Waals surface area contributed by atoms with Crippen LogP contribution in [0.1, 0.15) is 40.0 Å². The number of hydrogen-bond acceptors (Lipinski definition) is 2. The Morgan fingerprint density at radius 3 is 2.67 bits per heavy atom. The molecule has 0 saturated carbocycles. The molecular formula is C12H24N2O. The van der Waals surface area contributed by atoms with Crippen LogP contribution in [-0.4, -0.2) is 29.9 Å². The lowest BCUT2D eigenvalue weighted by Gasteiger charge is -2.39. The molecule has 1 aliphatic heterocycles. The molecule has 1 saturated heterocycles. The molecule has 3 nitrogen and oxygen atoms in total. The predicted octanol–water partition coefficient (Wildman–Crippen LogP) is 1.62. The molecule has 1 amide bonds. The molecule has 2 N–H and O–H groups in total. The number of likely N-dealkylation sites (tertiary alicyclic amines) is 1. The normalized spacial score (nSPS) is 27.1. The summed E-state index contributed by atoms with van der Waals surface area (Å²) >= 11 is 0. The van der Waals surface area contributed by atoms with E-state index in [4.69, 9.17) is 5.73 Å². The Labute approximate surface area is 93.0 Å². The molecule has 3 heteroatoms. The molecule has 1 rings (SSSR count). The minimum atomic E-state index is 0.0947. The van der Waals surface area contributed by atoms with Crippen molar-refractivity contribution in [1.29, 1.82) is 0 Å². The van der Waals surface area contributed by atoms with Crippen molar-refractivity contribution < 1.29 is 4.79 Å². The minimum absolute atomic E-state index is 0.0947. The van der Waals surface area contributed by atoms with Gasteiger partial charge in [-0.1, -0.05) is 27.2 Å². The van der Waals surface area contributed by atoms with Crippen molar-refractivity contribution in [3.63, 3.8) is 0 Å². The zero-order chi connectivity index (χ0) is 11.4. The first-order valence-corrected chi connectivity index (χ1v) is 6.10. The maximum Gasteiger partial charge on any atom is 0.225 e. The Bertz CT molecular complexity index is 216. The number of nitrogens with zero attached hydrogens (tertiary/aromatic N) is 1. The SMILES string of the molecule is CCC1CCN(C(=O)C(C)C)C(CN)C1. The van der Waals surface area contributed by atoms with Crippen molar-refractivity contribution >= 4 is 5.91 Å². The van der Waals surface area contributed by atoms with Gasteiger partial charge in [-0.05, 0) is 18.8 Å². The summed E-state index contributed by atoms with van der Waals surface area (Å²) in [6.07, 6.45) is 3.44. The summed E-state index contributed by atoms with van der Waals surface area (Å²) in [5, 5.41) is 0. The molecule has 0 spiro atoms. The summed E-state index contributed by atoms with van der Waals surface area (Å²) in [4.78, 5) is 13.9. The van der Waals surface area contributed by atoms with E-state index in [9.17, 15) is 4.79 Å². The van der Waals surface area contributed by atoms with Gasteiger partial charge in [0.2, 0.25) is 5.91 Å². The van der Waals surface area contributed by atoms with E-state index in [2.05, 4.69) is 6.92 Å². The van der Waals surface area contributed by atoms with Crippen molar-refractivity contribution in [2.45, 2.75) is 46.1 Å². The highest BCUT2D eigenvalue weighted by Crippen LogP contribution is 2.25. The van der Waals surface area contributed by atoms with Crippen LogP contribution in [0.5, 0.6) is 0 Å². The fraction of sp³-hybridized carbons (Fsp3) is 0.917. The molecule has 1 fully saturated rings. The highest BCUT2D eigenvalue weighted by molar-refractivity contribution is 5.78. The molecule has 1 aliphatic rings. The molecule has 15 heavy (non-hydrogen) atoms. The molecule has 0 aromatic rings. The summed E-state index contributed by atoms with van der Waals surface area (Å²) in [6, 6.07) is 0.276. The van der Waals surface area contributed by atoms with Gasteiger partial charge < -0.3 is 10.6 Å². The average Bonchev–Trinajstić information content (AvgIpc) is 2.27. The second-order valence-corrected chi connectivity index (χ2v) is 4.87. The standard InChI is InChI=1S/C12H24N2O/c1-4-10-5-6-14(11(7-10)8-13)12(15)9(2)3/h9-11H,4-8,13H2,1-3H3. The van der Waals surface area contributed by atoms with Gasteiger partial charge in [-0.3, -0.25) is 4.79 Å². The van der Waals surface area contributed by atoms with Gasteiger partial charge in [-0.15, -0.1) is 0 Å². The van der Waals surface area contributed by atoms with E-state index in [1.807, 2.05) is 18.7 Å². The van der Waals surface area contributed by atoms with E-state index in [0.29, 0.717) is 6.54 Å². The molecule has 0 radical (unpaired) electrons. The van der Waals surface area contributed by atoms with Crippen molar-refractivity contribution in [3.8, 4) is 0 Å². The molecule has 0 aromatic heterocycles. The lowest BCUT2D eigenvalue weighted by molar-refractivity contribution is -0.138. The van der Waals surface area contributed by atoms with Gasteiger partial charge in [-0.2, -0.15) is 0 Å². The van der Waals surface area contributed by atoms with E-state index in [1.165, 1.54) is 6.42 Å². The number of amides is 1. The summed E-state index contributed by atoms with van der Waals surface area (Å²) in [5.41, 5.74) is 5.75. The van der Waals surface area contributed by atoms with Crippen LogP contribution >= 0.6 is 0 Å². The molecule has 88 valence electrons. The first kappa shape index (κ1) is 12.5. The highest BCUT2D eigenvalue weighted by atomic mass is 16.2. The van der Waals surface area contributed by atoms with Crippen LogP contribution in [0.3, 0.4) is 0 Å². The van der Waals surface area contributed by atoms with Gasteiger partial charge in [-0.25, -0.2) is 0 Å². The van der Waals surface area contributed by atoms with Gasteiger partial charge in [0.25, 0.3) is 0 Å². The summed E-state index contributed by atoms with van der Waals surface area (Å²) < 4.78 is 0. The Hall–Kier alpha value is -0.570. The molecule has 0 aromatic carbocycles. The van der Waals surface area contributed by atoms with E-state index >= 15 is 0 Å². The van der Waals surface area contributed by atoms with Gasteiger partial charge >= 0.3 is 0 Å². The fourth-order valence-electron chi connectivity index (χ4n) is 2.35. The van der Waals surface area contributed by atoms with Crippen molar-refractivity contribution in [1.82, 2.24) is 4.90 Å². The van der Waals surface area contributed by atoms with Crippen molar-refractivity contribution in [3.05, 3.63) is 0 Å². The second kappa shape index (κ2) is 5.50. The number of piperidine rings is 1. The number of carbonyl (C=O) groups is 1. The van der Waals surface area contributed by atoms with Gasteiger partial charge in [0, 0.05) is 25.0 Å². The summed E-state index contributed by atoms with van der Waals surface area (Å²) in [6.45, 7) is 7.65. The lowest BCUT2D eigenvalue weighted by Crippen LogP contribution is -2.50. The molecule has 2 unspecified atom stereocenters. The third-order valence-corrected chi connectivity index (χ3v) is 3.45. The molecule has 0 bridgehead atoms. The van der Waals surface area contributed by atoms with Crippen LogP contribution in [0, 0.1) is 11.8 Å². The third kappa shape index (κ3) is 2.94. The first-order chi connectivity index (χ1) is 7.10. The molecule has 0 aliphatic carbocycles. The summed E-state index contributed by atoms with van der Waals surface area (Å²) in [7, 11) is 0. The minimum Gasteiger partial charge on any atom is -0.338 e. The van der Waals surface area contributed by atoms with Crippen LogP contribution in [0.2, 0.25) is 0 Å². The largest absolute Gasteiger partial charge is 0.338 e.